The monoisotopic (exact) mass is 256 g/mol. The maximum Gasteiger partial charge on any atom is 0.247 e. The van der Waals surface area contributed by atoms with Gasteiger partial charge in [0.2, 0.25) is 5.91 Å². The van der Waals surface area contributed by atoms with Crippen molar-refractivity contribution in [3.63, 3.8) is 0 Å². The number of rotatable bonds is 2. The van der Waals surface area contributed by atoms with Gasteiger partial charge in [-0.15, -0.1) is 0 Å². The summed E-state index contributed by atoms with van der Waals surface area (Å²) in [6, 6.07) is 13.6. The third-order valence-electron chi connectivity index (χ3n) is 3.22. The van der Waals surface area contributed by atoms with E-state index in [9.17, 15) is 9.18 Å². The summed E-state index contributed by atoms with van der Waals surface area (Å²) in [5, 5.41) is 5.75. The Kier molecular flexibility index (Phi) is 2.91. The van der Waals surface area contributed by atoms with Crippen LogP contribution in [0.4, 0.5) is 15.8 Å². The van der Waals surface area contributed by atoms with Crippen molar-refractivity contribution < 1.29 is 9.18 Å². The van der Waals surface area contributed by atoms with Gasteiger partial charge in [0, 0.05) is 12.1 Å². The first-order valence-electron chi connectivity index (χ1n) is 6.14. The lowest BCUT2D eigenvalue weighted by Gasteiger charge is -2.12. The highest BCUT2D eigenvalue weighted by atomic mass is 19.1. The molecule has 0 radical (unpaired) electrons. The maximum atomic E-state index is 13.5. The summed E-state index contributed by atoms with van der Waals surface area (Å²) in [6.07, 6.45) is 0.621. The maximum absolute atomic E-state index is 13.5. The largest absolute Gasteiger partial charge is 0.373 e. The molecular weight excluding hydrogens is 243 g/mol. The van der Waals surface area contributed by atoms with E-state index in [2.05, 4.69) is 10.6 Å². The van der Waals surface area contributed by atoms with Crippen molar-refractivity contribution in [2.45, 2.75) is 12.5 Å². The molecule has 0 bridgehead atoms. The number of halogens is 1. The summed E-state index contributed by atoms with van der Waals surface area (Å²) in [5.41, 5.74) is 2.29. The van der Waals surface area contributed by atoms with E-state index < -0.39 is 5.82 Å². The highest BCUT2D eigenvalue weighted by Gasteiger charge is 2.26. The van der Waals surface area contributed by atoms with E-state index in [4.69, 9.17) is 0 Å². The van der Waals surface area contributed by atoms with E-state index in [-0.39, 0.29) is 17.6 Å². The minimum Gasteiger partial charge on any atom is -0.373 e. The summed E-state index contributed by atoms with van der Waals surface area (Å²) in [6.45, 7) is 0. The van der Waals surface area contributed by atoms with Gasteiger partial charge in [-0.3, -0.25) is 4.79 Å². The number of carbonyl (C=O) groups excluding carboxylic acids is 1. The van der Waals surface area contributed by atoms with Crippen molar-refractivity contribution in [1.82, 2.24) is 0 Å². The standard InChI is InChI=1S/C15H13FN2O/c16-11-6-2-4-8-13(11)18-15(19)14-9-10-5-1-3-7-12(10)17-14/h1-8,14,17H,9H2,(H,18,19). The number of nitrogens with one attached hydrogen (secondary N) is 2. The first-order chi connectivity index (χ1) is 9.24. The SMILES string of the molecule is O=C(Nc1ccccc1F)C1Cc2ccccc2N1. The Morgan fingerprint density at radius 1 is 1.16 bits per heavy atom. The average Bonchev–Trinajstić information content (AvgIpc) is 2.85. The molecule has 0 saturated carbocycles. The van der Waals surface area contributed by atoms with Crippen LogP contribution < -0.4 is 10.6 Å². The Hall–Kier alpha value is -2.36. The molecule has 2 aromatic carbocycles. The van der Waals surface area contributed by atoms with Gasteiger partial charge < -0.3 is 10.6 Å². The van der Waals surface area contributed by atoms with Crippen molar-refractivity contribution in [3.8, 4) is 0 Å². The lowest BCUT2D eigenvalue weighted by atomic mass is 10.1. The molecule has 96 valence electrons. The zero-order valence-corrected chi connectivity index (χ0v) is 10.2. The molecule has 1 aliphatic heterocycles. The van der Waals surface area contributed by atoms with Crippen LogP contribution in [0.1, 0.15) is 5.56 Å². The third kappa shape index (κ3) is 2.29. The Balaban J connectivity index is 1.72. The lowest BCUT2D eigenvalue weighted by Crippen LogP contribution is -2.33. The highest BCUT2D eigenvalue weighted by Crippen LogP contribution is 2.26. The van der Waals surface area contributed by atoms with Gasteiger partial charge in [0.05, 0.1) is 5.69 Å². The van der Waals surface area contributed by atoms with E-state index in [0.717, 1.165) is 11.3 Å². The van der Waals surface area contributed by atoms with Crippen LogP contribution in [0.25, 0.3) is 0 Å². The van der Waals surface area contributed by atoms with Gasteiger partial charge in [0.15, 0.2) is 0 Å². The van der Waals surface area contributed by atoms with Crippen molar-refractivity contribution in [3.05, 3.63) is 59.9 Å². The molecule has 0 spiro atoms. The van der Waals surface area contributed by atoms with Crippen LogP contribution in [-0.4, -0.2) is 11.9 Å². The second kappa shape index (κ2) is 4.72. The third-order valence-corrected chi connectivity index (χ3v) is 3.22. The fraction of sp³-hybridized carbons (Fsp3) is 0.133. The predicted molar refractivity (Wildman–Crippen MR) is 72.6 cm³/mol. The van der Waals surface area contributed by atoms with Gasteiger partial charge >= 0.3 is 0 Å². The smallest absolute Gasteiger partial charge is 0.247 e. The number of hydrogen-bond donors (Lipinski definition) is 2. The van der Waals surface area contributed by atoms with Crippen molar-refractivity contribution in [2.75, 3.05) is 10.6 Å². The fourth-order valence-corrected chi connectivity index (χ4v) is 2.24. The molecular formula is C15H13FN2O. The normalized spacial score (nSPS) is 16.6. The molecule has 2 N–H and O–H groups in total. The van der Waals surface area contributed by atoms with Crippen LogP contribution >= 0.6 is 0 Å². The quantitative estimate of drug-likeness (QED) is 0.867. The van der Waals surface area contributed by atoms with Crippen LogP contribution in [0.5, 0.6) is 0 Å². The first kappa shape index (κ1) is 11.7. The Labute approximate surface area is 110 Å². The average molecular weight is 256 g/mol. The number of anilines is 2. The second-order valence-corrected chi connectivity index (χ2v) is 4.53. The number of carbonyl (C=O) groups is 1. The molecule has 3 rings (SSSR count). The molecule has 1 unspecified atom stereocenters. The number of para-hydroxylation sites is 2. The van der Waals surface area contributed by atoms with E-state index in [1.54, 1.807) is 18.2 Å². The summed E-state index contributed by atoms with van der Waals surface area (Å²) >= 11 is 0. The van der Waals surface area contributed by atoms with Crippen LogP contribution in [0.3, 0.4) is 0 Å². The van der Waals surface area contributed by atoms with Gasteiger partial charge in [-0.1, -0.05) is 30.3 Å². The molecule has 0 fully saturated rings. The summed E-state index contributed by atoms with van der Waals surface area (Å²) in [5.74, 6) is -0.646. The molecule has 1 aliphatic rings. The Morgan fingerprint density at radius 3 is 2.68 bits per heavy atom. The van der Waals surface area contributed by atoms with Crippen molar-refractivity contribution in [1.29, 1.82) is 0 Å². The number of benzene rings is 2. The van der Waals surface area contributed by atoms with E-state index in [1.807, 2.05) is 24.3 Å². The van der Waals surface area contributed by atoms with E-state index >= 15 is 0 Å². The van der Waals surface area contributed by atoms with Crippen LogP contribution in [0.15, 0.2) is 48.5 Å². The molecule has 1 amide bonds. The molecule has 0 aliphatic carbocycles. The zero-order chi connectivity index (χ0) is 13.2. The van der Waals surface area contributed by atoms with Gasteiger partial charge in [0.25, 0.3) is 0 Å². The van der Waals surface area contributed by atoms with Crippen molar-refractivity contribution in [2.24, 2.45) is 0 Å². The topological polar surface area (TPSA) is 41.1 Å². The van der Waals surface area contributed by atoms with Crippen LogP contribution in [0.2, 0.25) is 0 Å². The molecule has 0 saturated heterocycles. The number of fused-ring (bicyclic) bond motifs is 1. The molecule has 3 nitrogen and oxygen atoms in total. The molecule has 19 heavy (non-hydrogen) atoms. The van der Waals surface area contributed by atoms with Gasteiger partial charge in [0.1, 0.15) is 11.9 Å². The fourth-order valence-electron chi connectivity index (χ4n) is 2.24. The summed E-state index contributed by atoms with van der Waals surface area (Å²) in [7, 11) is 0. The van der Waals surface area contributed by atoms with Gasteiger partial charge in [-0.2, -0.15) is 0 Å². The summed E-state index contributed by atoms with van der Waals surface area (Å²) in [4.78, 5) is 12.1. The number of hydrogen-bond acceptors (Lipinski definition) is 2. The predicted octanol–water partition coefficient (Wildman–Crippen LogP) is 2.80. The highest BCUT2D eigenvalue weighted by molar-refractivity contribution is 5.98. The lowest BCUT2D eigenvalue weighted by molar-refractivity contribution is -0.116. The Bertz CT molecular complexity index is 602. The van der Waals surface area contributed by atoms with Crippen molar-refractivity contribution >= 4 is 17.3 Å². The molecule has 4 heteroatoms. The molecule has 2 aromatic rings. The zero-order valence-electron chi connectivity index (χ0n) is 10.2. The van der Waals surface area contributed by atoms with Gasteiger partial charge in [-0.05, 0) is 23.8 Å². The van der Waals surface area contributed by atoms with Crippen LogP contribution in [-0.2, 0) is 11.2 Å². The molecule has 1 atom stereocenters. The number of amides is 1. The summed E-state index contributed by atoms with van der Waals surface area (Å²) < 4.78 is 13.5. The Morgan fingerprint density at radius 2 is 1.89 bits per heavy atom. The molecule has 0 aromatic heterocycles. The minimum absolute atomic E-state index is 0.213. The van der Waals surface area contributed by atoms with E-state index in [0.29, 0.717) is 6.42 Å². The minimum atomic E-state index is -0.425. The first-order valence-corrected chi connectivity index (χ1v) is 6.14. The van der Waals surface area contributed by atoms with Crippen LogP contribution in [0, 0.1) is 5.82 Å². The van der Waals surface area contributed by atoms with E-state index in [1.165, 1.54) is 6.07 Å². The molecule has 1 heterocycles. The second-order valence-electron chi connectivity index (χ2n) is 4.53. The van der Waals surface area contributed by atoms with Gasteiger partial charge in [-0.25, -0.2) is 4.39 Å².